The van der Waals surface area contributed by atoms with E-state index >= 15 is 0 Å². The summed E-state index contributed by atoms with van der Waals surface area (Å²) in [6.07, 6.45) is 3.33. The number of carbonyl (C=O) groups is 1. The number of para-hydroxylation sites is 1. The fourth-order valence-electron chi connectivity index (χ4n) is 1.86. The van der Waals surface area contributed by atoms with Gasteiger partial charge in [0.25, 0.3) is 5.91 Å². The predicted octanol–water partition coefficient (Wildman–Crippen LogP) is 0.506. The Bertz CT molecular complexity index is 600. The van der Waals surface area contributed by atoms with Crippen molar-refractivity contribution in [2.75, 3.05) is 18.6 Å². The zero-order valence-electron chi connectivity index (χ0n) is 11.9. The topological polar surface area (TPSA) is 92.9 Å². The van der Waals surface area contributed by atoms with Crippen LogP contribution in [0.25, 0.3) is 5.69 Å². The molecule has 2 N–H and O–H groups in total. The van der Waals surface area contributed by atoms with Crippen molar-refractivity contribution in [3.05, 3.63) is 36.2 Å². The number of hydrogen-bond donors (Lipinski definition) is 2. The van der Waals surface area contributed by atoms with Crippen LogP contribution >= 0.6 is 11.8 Å². The molecule has 7 nitrogen and oxygen atoms in total. The number of aromatic nitrogens is 4. The average Bonchev–Trinajstić information content (AvgIpc) is 2.99. The Hall–Kier alpha value is -1.93. The second kappa shape index (κ2) is 6.68. The minimum absolute atomic E-state index is 0.177. The molecular weight excluding hydrogens is 290 g/mol. The highest BCUT2D eigenvalue weighted by Gasteiger charge is 2.22. The summed E-state index contributed by atoms with van der Waals surface area (Å²) in [6, 6.07) is 7.02. The van der Waals surface area contributed by atoms with Crippen molar-refractivity contribution >= 4 is 17.7 Å². The number of carbonyl (C=O) groups excluding carboxylic acids is 1. The summed E-state index contributed by atoms with van der Waals surface area (Å²) in [7, 11) is 0. The van der Waals surface area contributed by atoms with E-state index in [1.165, 1.54) is 22.8 Å². The fraction of sp³-hybridized carbons (Fsp3) is 0.385. The van der Waals surface area contributed by atoms with Crippen LogP contribution in [-0.2, 0) is 0 Å². The van der Waals surface area contributed by atoms with Crippen LogP contribution in [0.5, 0.6) is 0 Å². The van der Waals surface area contributed by atoms with Crippen molar-refractivity contribution in [2.24, 2.45) is 0 Å². The van der Waals surface area contributed by atoms with Crippen LogP contribution in [0.4, 0.5) is 0 Å². The van der Waals surface area contributed by atoms with Gasteiger partial charge in [0.15, 0.2) is 0 Å². The number of hydrogen-bond acceptors (Lipinski definition) is 6. The molecule has 1 amide bonds. The maximum Gasteiger partial charge on any atom is 0.253 e. The predicted molar refractivity (Wildman–Crippen MR) is 80.5 cm³/mol. The quantitative estimate of drug-likeness (QED) is 0.807. The average molecular weight is 307 g/mol. The van der Waals surface area contributed by atoms with Crippen LogP contribution in [0.1, 0.15) is 17.3 Å². The first-order valence-electron chi connectivity index (χ1n) is 6.35. The molecule has 8 heteroatoms. The van der Waals surface area contributed by atoms with Crippen molar-refractivity contribution < 1.29 is 9.90 Å². The van der Waals surface area contributed by atoms with Gasteiger partial charge in [-0.15, -0.1) is 5.10 Å². The van der Waals surface area contributed by atoms with Crippen LogP contribution < -0.4 is 5.32 Å². The van der Waals surface area contributed by atoms with E-state index in [9.17, 15) is 9.90 Å². The van der Waals surface area contributed by atoms with Gasteiger partial charge in [-0.2, -0.15) is 16.4 Å². The Kier molecular flexibility index (Phi) is 4.92. The number of thioether (sulfide) groups is 1. The number of nitrogens with one attached hydrogen (secondary N) is 1. The van der Waals surface area contributed by atoms with Gasteiger partial charge in [-0.3, -0.25) is 4.79 Å². The molecule has 112 valence electrons. The zero-order chi connectivity index (χ0) is 15.3. The molecule has 21 heavy (non-hydrogen) atoms. The lowest BCUT2D eigenvalue weighted by Crippen LogP contribution is -2.42. The second-order valence-electron chi connectivity index (χ2n) is 4.88. The minimum Gasteiger partial charge on any atom is -0.387 e. The molecule has 0 radical (unpaired) electrons. The van der Waals surface area contributed by atoms with Crippen molar-refractivity contribution in [3.63, 3.8) is 0 Å². The van der Waals surface area contributed by atoms with Gasteiger partial charge in [-0.25, -0.2) is 0 Å². The largest absolute Gasteiger partial charge is 0.387 e. The molecule has 0 aliphatic heterocycles. The number of amides is 1. The molecule has 1 aromatic carbocycles. The number of nitrogens with zero attached hydrogens (tertiary/aromatic N) is 4. The number of rotatable bonds is 6. The number of aliphatic hydroxyl groups is 1. The third kappa shape index (κ3) is 4.02. The van der Waals surface area contributed by atoms with Gasteiger partial charge in [0, 0.05) is 12.3 Å². The standard InChI is InChI=1S/C13H17N5O2S/c1-13(20,8-21-2)7-14-12(19)10-5-3-4-6-11(10)18-9-15-16-17-18/h3-6,9,20H,7-8H2,1-2H3,(H,14,19)/t13-/m1/s1. The van der Waals surface area contributed by atoms with Crippen molar-refractivity contribution in [3.8, 4) is 5.69 Å². The first-order chi connectivity index (χ1) is 10.0. The van der Waals surface area contributed by atoms with Gasteiger partial charge in [0.1, 0.15) is 6.33 Å². The summed E-state index contributed by atoms with van der Waals surface area (Å²) in [5.41, 5.74) is 0.0907. The van der Waals surface area contributed by atoms with E-state index in [4.69, 9.17) is 0 Å². The third-order valence-electron chi connectivity index (χ3n) is 2.83. The summed E-state index contributed by atoms with van der Waals surface area (Å²) in [6.45, 7) is 1.87. The fourth-order valence-corrected chi connectivity index (χ4v) is 2.59. The summed E-state index contributed by atoms with van der Waals surface area (Å²) < 4.78 is 1.43. The van der Waals surface area contributed by atoms with Crippen molar-refractivity contribution in [1.29, 1.82) is 0 Å². The summed E-state index contributed by atoms with van der Waals surface area (Å²) >= 11 is 1.53. The number of benzene rings is 1. The first-order valence-corrected chi connectivity index (χ1v) is 7.75. The van der Waals surface area contributed by atoms with Crippen molar-refractivity contribution in [1.82, 2.24) is 25.5 Å². The molecule has 0 bridgehead atoms. The monoisotopic (exact) mass is 307 g/mol. The zero-order valence-corrected chi connectivity index (χ0v) is 12.7. The molecule has 2 aromatic rings. The molecule has 2 rings (SSSR count). The van der Waals surface area contributed by atoms with E-state index in [0.29, 0.717) is 17.0 Å². The normalized spacial score (nSPS) is 13.7. The van der Waals surface area contributed by atoms with E-state index in [2.05, 4.69) is 20.8 Å². The molecule has 0 saturated heterocycles. The molecule has 0 spiro atoms. The molecule has 0 saturated carbocycles. The Morgan fingerprint density at radius 3 is 2.90 bits per heavy atom. The van der Waals surface area contributed by atoms with E-state index in [1.54, 1.807) is 31.2 Å². The maximum atomic E-state index is 12.3. The molecule has 1 heterocycles. The highest BCUT2D eigenvalue weighted by molar-refractivity contribution is 7.98. The van der Waals surface area contributed by atoms with E-state index in [0.717, 1.165) is 0 Å². The Labute approximate surface area is 126 Å². The third-order valence-corrected chi connectivity index (χ3v) is 3.74. The van der Waals surface area contributed by atoms with Gasteiger partial charge < -0.3 is 10.4 Å². The molecular formula is C13H17N5O2S. The van der Waals surface area contributed by atoms with Crippen LogP contribution in [-0.4, -0.2) is 55.4 Å². The van der Waals surface area contributed by atoms with Gasteiger partial charge in [0.2, 0.25) is 0 Å². The van der Waals surface area contributed by atoms with Crippen LogP contribution in [0.3, 0.4) is 0 Å². The molecule has 0 unspecified atom stereocenters. The Morgan fingerprint density at radius 2 is 2.24 bits per heavy atom. The summed E-state index contributed by atoms with van der Waals surface area (Å²) in [5.74, 6) is 0.268. The lowest BCUT2D eigenvalue weighted by atomic mass is 10.1. The number of tetrazole rings is 1. The summed E-state index contributed by atoms with van der Waals surface area (Å²) in [4.78, 5) is 12.3. The highest BCUT2D eigenvalue weighted by Crippen LogP contribution is 2.14. The molecule has 0 fully saturated rings. The van der Waals surface area contributed by atoms with Crippen LogP contribution in [0, 0.1) is 0 Å². The Balaban J connectivity index is 2.14. The first kappa shape index (κ1) is 15.5. The Morgan fingerprint density at radius 1 is 1.48 bits per heavy atom. The van der Waals surface area contributed by atoms with Crippen LogP contribution in [0.2, 0.25) is 0 Å². The van der Waals surface area contributed by atoms with Gasteiger partial charge in [-0.1, -0.05) is 12.1 Å². The molecule has 0 aliphatic carbocycles. The van der Waals surface area contributed by atoms with Gasteiger partial charge >= 0.3 is 0 Å². The maximum absolute atomic E-state index is 12.3. The summed E-state index contributed by atoms with van der Waals surface area (Å²) in [5, 5.41) is 23.8. The highest BCUT2D eigenvalue weighted by atomic mass is 32.2. The van der Waals surface area contributed by atoms with Crippen LogP contribution in [0.15, 0.2) is 30.6 Å². The molecule has 0 aliphatic rings. The lowest BCUT2D eigenvalue weighted by molar-refractivity contribution is 0.0725. The van der Waals surface area contributed by atoms with Crippen molar-refractivity contribution in [2.45, 2.75) is 12.5 Å². The van der Waals surface area contributed by atoms with Gasteiger partial charge in [0.05, 0.1) is 16.9 Å². The molecule has 1 atom stereocenters. The minimum atomic E-state index is -0.946. The SMILES string of the molecule is CSC[C@](C)(O)CNC(=O)c1ccccc1-n1cnnn1. The molecule has 1 aromatic heterocycles. The van der Waals surface area contributed by atoms with Gasteiger partial charge in [-0.05, 0) is 35.7 Å². The van der Waals surface area contributed by atoms with E-state index in [-0.39, 0.29) is 12.5 Å². The second-order valence-corrected chi connectivity index (χ2v) is 5.75. The van der Waals surface area contributed by atoms with E-state index in [1.807, 2.05) is 6.26 Å². The lowest BCUT2D eigenvalue weighted by Gasteiger charge is -2.22. The smallest absolute Gasteiger partial charge is 0.253 e. The van der Waals surface area contributed by atoms with E-state index < -0.39 is 5.60 Å².